The number of ether oxygens (including phenoxy) is 2. The van der Waals surface area contributed by atoms with Crippen LogP contribution >= 0.6 is 11.8 Å². The van der Waals surface area contributed by atoms with Gasteiger partial charge in [-0.05, 0) is 56.2 Å². The summed E-state index contributed by atoms with van der Waals surface area (Å²) in [5, 5.41) is 9.49. The van der Waals surface area contributed by atoms with E-state index in [1.807, 2.05) is 43.3 Å². The van der Waals surface area contributed by atoms with Gasteiger partial charge in [-0.15, -0.1) is 10.2 Å². The first-order valence-corrected chi connectivity index (χ1v) is 9.55. The van der Waals surface area contributed by atoms with Crippen LogP contribution in [0.1, 0.15) is 17.8 Å². The monoisotopic (exact) mass is 369 g/mol. The largest absolute Gasteiger partial charge is 0.497 e. The Morgan fingerprint density at radius 2 is 1.69 bits per heavy atom. The molecular weight excluding hydrogens is 346 g/mol. The second-order valence-corrected chi connectivity index (χ2v) is 6.94. The molecule has 3 rings (SSSR count). The molecule has 0 amide bonds. The van der Waals surface area contributed by atoms with E-state index in [0.717, 1.165) is 40.3 Å². The second-order valence-electron chi connectivity index (χ2n) is 5.88. The SMILES string of the molecule is COc1ccc(OCCCSc2nnc(C)n2-c2ccccc2C)cc1. The number of hydrogen-bond acceptors (Lipinski definition) is 5. The Labute approximate surface area is 158 Å². The molecule has 0 saturated carbocycles. The van der Waals surface area contributed by atoms with Crippen LogP contribution < -0.4 is 9.47 Å². The summed E-state index contributed by atoms with van der Waals surface area (Å²) in [5.74, 6) is 3.50. The molecule has 6 heteroatoms. The number of methoxy groups -OCH3 is 1. The summed E-state index contributed by atoms with van der Waals surface area (Å²) in [6.07, 6.45) is 0.927. The van der Waals surface area contributed by atoms with Gasteiger partial charge in [0.2, 0.25) is 0 Å². The molecule has 1 heterocycles. The van der Waals surface area contributed by atoms with Gasteiger partial charge in [-0.2, -0.15) is 0 Å². The van der Waals surface area contributed by atoms with Crippen LogP contribution in [0.3, 0.4) is 0 Å². The standard InChI is InChI=1S/C20H23N3O2S/c1-15-7-4-5-8-19(15)23-16(2)21-22-20(23)26-14-6-13-25-18-11-9-17(24-3)10-12-18/h4-5,7-12H,6,13-14H2,1-3H3. The van der Waals surface area contributed by atoms with E-state index in [1.54, 1.807) is 18.9 Å². The van der Waals surface area contributed by atoms with Gasteiger partial charge in [0.1, 0.15) is 17.3 Å². The molecule has 0 aliphatic heterocycles. The average Bonchev–Trinajstić information content (AvgIpc) is 3.03. The molecule has 0 fully saturated rings. The van der Waals surface area contributed by atoms with Gasteiger partial charge in [0.15, 0.2) is 5.16 Å². The van der Waals surface area contributed by atoms with Gasteiger partial charge >= 0.3 is 0 Å². The molecule has 136 valence electrons. The lowest BCUT2D eigenvalue weighted by molar-refractivity contribution is 0.318. The number of benzene rings is 2. The van der Waals surface area contributed by atoms with Crippen molar-refractivity contribution in [1.82, 2.24) is 14.8 Å². The van der Waals surface area contributed by atoms with Crippen molar-refractivity contribution >= 4 is 11.8 Å². The zero-order valence-corrected chi connectivity index (χ0v) is 16.1. The fourth-order valence-electron chi connectivity index (χ4n) is 2.61. The lowest BCUT2D eigenvalue weighted by Gasteiger charge is -2.11. The van der Waals surface area contributed by atoms with Crippen LogP contribution in [0.5, 0.6) is 11.5 Å². The molecule has 0 aliphatic rings. The average molecular weight is 369 g/mol. The predicted octanol–water partition coefficient (Wildman–Crippen LogP) is 4.45. The Kier molecular flexibility index (Phi) is 6.17. The summed E-state index contributed by atoms with van der Waals surface area (Å²) in [5.41, 5.74) is 2.34. The van der Waals surface area contributed by atoms with Gasteiger partial charge < -0.3 is 9.47 Å². The Bertz CT molecular complexity index is 847. The van der Waals surface area contributed by atoms with E-state index in [9.17, 15) is 0 Å². The first kappa shape index (κ1) is 18.3. The molecule has 0 radical (unpaired) electrons. The van der Waals surface area contributed by atoms with Crippen LogP contribution in [0.4, 0.5) is 0 Å². The quantitative estimate of drug-likeness (QED) is 0.434. The van der Waals surface area contributed by atoms with E-state index in [4.69, 9.17) is 9.47 Å². The van der Waals surface area contributed by atoms with Crippen LogP contribution in [-0.4, -0.2) is 34.2 Å². The summed E-state index contributed by atoms with van der Waals surface area (Å²) in [6.45, 7) is 4.75. The Morgan fingerprint density at radius 1 is 0.962 bits per heavy atom. The molecule has 1 aromatic heterocycles. The number of nitrogens with zero attached hydrogens (tertiary/aromatic N) is 3. The highest BCUT2D eigenvalue weighted by Gasteiger charge is 2.12. The number of aromatic nitrogens is 3. The van der Waals surface area contributed by atoms with Crippen molar-refractivity contribution in [3.05, 3.63) is 59.9 Å². The van der Waals surface area contributed by atoms with E-state index in [0.29, 0.717) is 6.61 Å². The van der Waals surface area contributed by atoms with Crippen molar-refractivity contribution in [3.63, 3.8) is 0 Å². The molecule has 0 spiro atoms. The van der Waals surface area contributed by atoms with Gasteiger partial charge in [-0.1, -0.05) is 30.0 Å². The van der Waals surface area contributed by atoms with E-state index in [2.05, 4.69) is 33.8 Å². The molecule has 2 aromatic carbocycles. The lowest BCUT2D eigenvalue weighted by atomic mass is 10.2. The number of thioether (sulfide) groups is 1. The first-order chi connectivity index (χ1) is 12.7. The van der Waals surface area contributed by atoms with Crippen molar-refractivity contribution in [1.29, 1.82) is 0 Å². The van der Waals surface area contributed by atoms with Crippen molar-refractivity contribution in [2.45, 2.75) is 25.4 Å². The summed E-state index contributed by atoms with van der Waals surface area (Å²) in [6, 6.07) is 15.9. The summed E-state index contributed by atoms with van der Waals surface area (Å²) < 4.78 is 13.0. The molecular formula is C20H23N3O2S. The van der Waals surface area contributed by atoms with Crippen LogP contribution in [0.25, 0.3) is 5.69 Å². The van der Waals surface area contributed by atoms with Gasteiger partial charge in [0.25, 0.3) is 0 Å². The highest BCUT2D eigenvalue weighted by atomic mass is 32.2. The Balaban J connectivity index is 1.53. The minimum Gasteiger partial charge on any atom is -0.497 e. The van der Waals surface area contributed by atoms with Gasteiger partial charge in [-0.3, -0.25) is 4.57 Å². The maximum Gasteiger partial charge on any atom is 0.195 e. The van der Waals surface area contributed by atoms with E-state index in [-0.39, 0.29) is 0 Å². The molecule has 3 aromatic rings. The zero-order chi connectivity index (χ0) is 18.4. The molecule has 5 nitrogen and oxygen atoms in total. The van der Waals surface area contributed by atoms with Crippen LogP contribution in [0.2, 0.25) is 0 Å². The summed E-state index contributed by atoms with van der Waals surface area (Å²) in [4.78, 5) is 0. The normalized spacial score (nSPS) is 10.7. The first-order valence-electron chi connectivity index (χ1n) is 8.56. The van der Waals surface area contributed by atoms with Crippen LogP contribution in [0.15, 0.2) is 53.7 Å². The summed E-state index contributed by atoms with van der Waals surface area (Å²) >= 11 is 1.70. The molecule has 0 unspecified atom stereocenters. The van der Waals surface area contributed by atoms with E-state index >= 15 is 0 Å². The third-order valence-electron chi connectivity index (χ3n) is 4.00. The molecule has 0 N–H and O–H groups in total. The minimum absolute atomic E-state index is 0.664. The zero-order valence-electron chi connectivity index (χ0n) is 15.3. The number of para-hydroxylation sites is 1. The van der Waals surface area contributed by atoms with E-state index < -0.39 is 0 Å². The van der Waals surface area contributed by atoms with Crippen LogP contribution in [0, 0.1) is 13.8 Å². The third kappa shape index (κ3) is 4.38. The molecule has 0 bridgehead atoms. The topological polar surface area (TPSA) is 49.2 Å². The van der Waals surface area contributed by atoms with Crippen molar-refractivity contribution in [2.75, 3.05) is 19.5 Å². The van der Waals surface area contributed by atoms with Crippen molar-refractivity contribution in [3.8, 4) is 17.2 Å². The van der Waals surface area contributed by atoms with Gasteiger partial charge in [0.05, 0.1) is 19.4 Å². The van der Waals surface area contributed by atoms with Crippen molar-refractivity contribution in [2.24, 2.45) is 0 Å². The molecule has 0 atom stereocenters. The smallest absolute Gasteiger partial charge is 0.195 e. The fourth-order valence-corrected chi connectivity index (χ4v) is 3.52. The number of rotatable bonds is 8. The van der Waals surface area contributed by atoms with Crippen LogP contribution in [-0.2, 0) is 0 Å². The van der Waals surface area contributed by atoms with Crippen molar-refractivity contribution < 1.29 is 9.47 Å². The lowest BCUT2D eigenvalue weighted by Crippen LogP contribution is -2.03. The molecule has 26 heavy (non-hydrogen) atoms. The maximum atomic E-state index is 5.77. The van der Waals surface area contributed by atoms with Gasteiger partial charge in [0, 0.05) is 5.75 Å². The fraction of sp³-hybridized carbons (Fsp3) is 0.300. The maximum absolute atomic E-state index is 5.77. The highest BCUT2D eigenvalue weighted by molar-refractivity contribution is 7.99. The van der Waals surface area contributed by atoms with Gasteiger partial charge in [-0.25, -0.2) is 0 Å². The number of aryl methyl sites for hydroxylation is 2. The summed E-state index contributed by atoms with van der Waals surface area (Å²) in [7, 11) is 1.66. The minimum atomic E-state index is 0.664. The molecule has 0 aliphatic carbocycles. The molecule has 0 saturated heterocycles. The Morgan fingerprint density at radius 3 is 2.42 bits per heavy atom. The predicted molar refractivity (Wildman–Crippen MR) is 105 cm³/mol. The Hall–Kier alpha value is -2.47. The number of hydrogen-bond donors (Lipinski definition) is 0. The van der Waals surface area contributed by atoms with E-state index in [1.165, 1.54) is 5.56 Å². The third-order valence-corrected chi connectivity index (χ3v) is 5.01. The highest BCUT2D eigenvalue weighted by Crippen LogP contribution is 2.24. The second kappa shape index (κ2) is 8.76.